The van der Waals surface area contributed by atoms with Gasteiger partial charge in [0.1, 0.15) is 0 Å². The van der Waals surface area contributed by atoms with Crippen LogP contribution in [-0.4, -0.2) is 23.4 Å². The molecule has 0 radical (unpaired) electrons. The number of phenolic OH excluding ortho intramolecular Hbond substituents is 1. The van der Waals surface area contributed by atoms with Gasteiger partial charge in [-0.1, -0.05) is 18.2 Å². The van der Waals surface area contributed by atoms with E-state index in [1.165, 1.54) is 13.2 Å². The van der Waals surface area contributed by atoms with Gasteiger partial charge in [-0.05, 0) is 30.9 Å². The van der Waals surface area contributed by atoms with Crippen molar-refractivity contribution in [3.63, 3.8) is 0 Å². The second kappa shape index (κ2) is 6.18. The van der Waals surface area contributed by atoms with E-state index < -0.39 is 6.10 Å². The zero-order chi connectivity index (χ0) is 12.0. The Hall–Kier alpha value is -1.48. The SMILES string of the molecule is C=CC(O)CCCc1cccc(OC)c1O. The van der Waals surface area contributed by atoms with Gasteiger partial charge >= 0.3 is 0 Å². The number of ether oxygens (including phenoxy) is 1. The van der Waals surface area contributed by atoms with E-state index in [1.807, 2.05) is 12.1 Å². The van der Waals surface area contributed by atoms with Crippen LogP contribution in [0, 0.1) is 0 Å². The van der Waals surface area contributed by atoms with Crippen LogP contribution in [0.4, 0.5) is 0 Å². The maximum Gasteiger partial charge on any atom is 0.160 e. The van der Waals surface area contributed by atoms with Crippen LogP contribution < -0.4 is 4.74 Å². The lowest BCUT2D eigenvalue weighted by atomic mass is 10.0. The zero-order valence-corrected chi connectivity index (χ0v) is 9.52. The van der Waals surface area contributed by atoms with Gasteiger partial charge < -0.3 is 14.9 Å². The number of benzene rings is 1. The van der Waals surface area contributed by atoms with E-state index in [0.29, 0.717) is 18.6 Å². The fourth-order valence-corrected chi connectivity index (χ4v) is 1.55. The van der Waals surface area contributed by atoms with Crippen LogP contribution in [-0.2, 0) is 6.42 Å². The maximum absolute atomic E-state index is 9.80. The molecular weight excluding hydrogens is 204 g/mol. The van der Waals surface area contributed by atoms with E-state index in [-0.39, 0.29) is 5.75 Å². The molecule has 0 saturated carbocycles. The number of methoxy groups -OCH3 is 1. The van der Waals surface area contributed by atoms with Gasteiger partial charge in [-0.15, -0.1) is 6.58 Å². The van der Waals surface area contributed by atoms with Gasteiger partial charge in [-0.2, -0.15) is 0 Å². The van der Waals surface area contributed by atoms with Crippen LogP contribution >= 0.6 is 0 Å². The molecule has 0 aliphatic rings. The Morgan fingerprint density at radius 2 is 2.25 bits per heavy atom. The molecule has 0 spiro atoms. The molecule has 0 fully saturated rings. The van der Waals surface area contributed by atoms with Crippen molar-refractivity contribution in [2.45, 2.75) is 25.4 Å². The Labute approximate surface area is 96.0 Å². The summed E-state index contributed by atoms with van der Waals surface area (Å²) in [4.78, 5) is 0. The van der Waals surface area contributed by atoms with Crippen molar-refractivity contribution in [2.75, 3.05) is 7.11 Å². The number of para-hydroxylation sites is 1. The smallest absolute Gasteiger partial charge is 0.160 e. The monoisotopic (exact) mass is 222 g/mol. The van der Waals surface area contributed by atoms with Gasteiger partial charge in [0.15, 0.2) is 11.5 Å². The van der Waals surface area contributed by atoms with Crippen molar-refractivity contribution in [1.29, 1.82) is 0 Å². The minimum absolute atomic E-state index is 0.193. The highest BCUT2D eigenvalue weighted by Crippen LogP contribution is 2.30. The minimum Gasteiger partial charge on any atom is -0.504 e. The molecule has 0 bridgehead atoms. The van der Waals surface area contributed by atoms with Gasteiger partial charge in [-0.25, -0.2) is 0 Å². The summed E-state index contributed by atoms with van der Waals surface area (Å²) in [6.45, 7) is 3.51. The number of aryl methyl sites for hydroxylation is 1. The molecule has 0 aliphatic heterocycles. The molecule has 3 nitrogen and oxygen atoms in total. The van der Waals surface area contributed by atoms with Gasteiger partial charge in [-0.3, -0.25) is 0 Å². The Bertz CT molecular complexity index is 347. The third-order valence-corrected chi connectivity index (χ3v) is 2.52. The molecule has 0 heterocycles. The van der Waals surface area contributed by atoms with Crippen LogP contribution in [0.15, 0.2) is 30.9 Å². The first-order valence-electron chi connectivity index (χ1n) is 5.34. The minimum atomic E-state index is -0.465. The van der Waals surface area contributed by atoms with E-state index in [1.54, 1.807) is 6.07 Å². The highest BCUT2D eigenvalue weighted by atomic mass is 16.5. The van der Waals surface area contributed by atoms with Crippen LogP contribution in [0.2, 0.25) is 0 Å². The topological polar surface area (TPSA) is 49.7 Å². The number of aliphatic hydroxyl groups excluding tert-OH is 1. The van der Waals surface area contributed by atoms with Crippen LogP contribution in [0.1, 0.15) is 18.4 Å². The fourth-order valence-electron chi connectivity index (χ4n) is 1.55. The molecule has 0 amide bonds. The van der Waals surface area contributed by atoms with E-state index in [0.717, 1.165) is 12.0 Å². The summed E-state index contributed by atoms with van der Waals surface area (Å²) in [5.41, 5.74) is 0.843. The van der Waals surface area contributed by atoms with E-state index in [4.69, 9.17) is 4.74 Å². The van der Waals surface area contributed by atoms with Crippen LogP contribution in [0.5, 0.6) is 11.5 Å². The van der Waals surface area contributed by atoms with Gasteiger partial charge in [0.25, 0.3) is 0 Å². The summed E-state index contributed by atoms with van der Waals surface area (Å²) in [6, 6.07) is 5.42. The highest BCUT2D eigenvalue weighted by Gasteiger charge is 2.07. The second-order valence-electron chi connectivity index (χ2n) is 3.66. The van der Waals surface area contributed by atoms with E-state index in [2.05, 4.69) is 6.58 Å². The summed E-state index contributed by atoms with van der Waals surface area (Å²) >= 11 is 0. The molecule has 0 aliphatic carbocycles. The van der Waals surface area contributed by atoms with Crippen LogP contribution in [0.3, 0.4) is 0 Å². The largest absolute Gasteiger partial charge is 0.504 e. The number of hydrogen-bond donors (Lipinski definition) is 2. The van der Waals surface area contributed by atoms with Crippen molar-refractivity contribution in [2.24, 2.45) is 0 Å². The molecule has 88 valence electrons. The third-order valence-electron chi connectivity index (χ3n) is 2.52. The standard InChI is InChI=1S/C13H18O3/c1-3-11(14)8-4-6-10-7-5-9-12(16-2)13(10)15/h3,5,7,9,11,14-15H,1,4,6,8H2,2H3. The molecule has 1 rings (SSSR count). The summed E-state index contributed by atoms with van der Waals surface area (Å²) < 4.78 is 5.02. The summed E-state index contributed by atoms with van der Waals surface area (Å²) in [6.07, 6.45) is 3.22. The molecule has 1 aromatic carbocycles. The molecule has 3 heteroatoms. The number of phenols is 1. The van der Waals surface area contributed by atoms with Crippen molar-refractivity contribution in [1.82, 2.24) is 0 Å². The summed E-state index contributed by atoms with van der Waals surface area (Å²) in [7, 11) is 1.53. The Morgan fingerprint density at radius 1 is 1.50 bits per heavy atom. The van der Waals surface area contributed by atoms with Crippen LogP contribution in [0.25, 0.3) is 0 Å². The first-order valence-corrected chi connectivity index (χ1v) is 5.34. The van der Waals surface area contributed by atoms with Gasteiger partial charge in [0.05, 0.1) is 13.2 Å². The van der Waals surface area contributed by atoms with Gasteiger partial charge in [0.2, 0.25) is 0 Å². The predicted molar refractivity (Wildman–Crippen MR) is 63.8 cm³/mol. The van der Waals surface area contributed by atoms with Crippen molar-refractivity contribution in [3.8, 4) is 11.5 Å². The fraction of sp³-hybridized carbons (Fsp3) is 0.385. The molecular formula is C13H18O3. The molecule has 0 aromatic heterocycles. The first kappa shape index (κ1) is 12.6. The third kappa shape index (κ3) is 3.28. The predicted octanol–water partition coefficient (Wildman–Crippen LogP) is 2.27. The average Bonchev–Trinajstić information content (AvgIpc) is 2.31. The van der Waals surface area contributed by atoms with Crippen molar-refractivity contribution >= 4 is 0 Å². The number of aliphatic hydroxyl groups is 1. The van der Waals surface area contributed by atoms with Gasteiger partial charge in [0, 0.05) is 0 Å². The lowest BCUT2D eigenvalue weighted by Gasteiger charge is -2.09. The highest BCUT2D eigenvalue weighted by molar-refractivity contribution is 5.45. The average molecular weight is 222 g/mol. The quantitative estimate of drug-likeness (QED) is 0.726. The second-order valence-corrected chi connectivity index (χ2v) is 3.66. The lowest BCUT2D eigenvalue weighted by molar-refractivity contribution is 0.210. The Balaban J connectivity index is 2.57. The molecule has 16 heavy (non-hydrogen) atoms. The summed E-state index contributed by atoms with van der Waals surface area (Å²) in [5, 5.41) is 19.1. The summed E-state index contributed by atoms with van der Waals surface area (Å²) in [5.74, 6) is 0.680. The molecule has 1 aromatic rings. The van der Waals surface area contributed by atoms with Crippen molar-refractivity contribution < 1.29 is 14.9 Å². The maximum atomic E-state index is 9.80. The Morgan fingerprint density at radius 3 is 2.88 bits per heavy atom. The van der Waals surface area contributed by atoms with E-state index >= 15 is 0 Å². The number of hydrogen-bond acceptors (Lipinski definition) is 3. The van der Waals surface area contributed by atoms with E-state index in [9.17, 15) is 10.2 Å². The molecule has 1 atom stereocenters. The number of rotatable bonds is 6. The lowest BCUT2D eigenvalue weighted by Crippen LogP contribution is -2.01. The first-order chi connectivity index (χ1) is 7.69. The molecule has 2 N–H and O–H groups in total. The Kier molecular flexibility index (Phi) is 4.86. The zero-order valence-electron chi connectivity index (χ0n) is 9.52. The number of aromatic hydroxyl groups is 1. The molecule has 0 saturated heterocycles. The molecule has 1 unspecified atom stereocenters. The normalized spacial score (nSPS) is 12.1. The van der Waals surface area contributed by atoms with Crippen molar-refractivity contribution in [3.05, 3.63) is 36.4 Å².